The third-order valence-corrected chi connectivity index (χ3v) is 1.28. The first-order chi connectivity index (χ1) is 4.52. The molecule has 0 aromatic carbocycles. The van der Waals surface area contributed by atoms with Crippen LogP contribution in [0.3, 0.4) is 0 Å². The molecule has 1 N–H and O–H groups in total. The summed E-state index contributed by atoms with van der Waals surface area (Å²) in [5, 5.41) is 9.22. The van der Waals surface area contributed by atoms with Crippen LogP contribution in [-0.2, 0) is 0 Å². The second-order valence-corrected chi connectivity index (χ2v) is 3.65. The Bertz CT molecular complexity index is 145. The lowest BCUT2D eigenvalue weighted by atomic mass is 10.2. The van der Waals surface area contributed by atoms with E-state index >= 15 is 0 Å². The fraction of sp³-hybridized carbons (Fsp3) is 0.500. The van der Waals surface area contributed by atoms with Gasteiger partial charge in [0.05, 0.1) is 6.10 Å². The molecule has 0 rings (SSSR count). The summed E-state index contributed by atoms with van der Waals surface area (Å²) < 4.78 is 0.831. The molecule has 58 valence electrons. The standard InChI is InChI=1S/C8H13BrO/c1-6(2)4-8(10)5-7(3)9/h4,8,10H,3,5H2,1-2H3/t8-/m1/s1. The minimum atomic E-state index is -0.392. The molecule has 0 aromatic heterocycles. The predicted molar refractivity (Wildman–Crippen MR) is 48.1 cm³/mol. The molecule has 1 atom stereocenters. The van der Waals surface area contributed by atoms with E-state index in [0.29, 0.717) is 6.42 Å². The highest BCUT2D eigenvalue weighted by Gasteiger charge is 1.99. The summed E-state index contributed by atoms with van der Waals surface area (Å²) in [5.41, 5.74) is 1.13. The van der Waals surface area contributed by atoms with Crippen molar-refractivity contribution in [2.24, 2.45) is 0 Å². The molecule has 0 spiro atoms. The van der Waals surface area contributed by atoms with Crippen molar-refractivity contribution in [1.82, 2.24) is 0 Å². The van der Waals surface area contributed by atoms with Crippen LogP contribution >= 0.6 is 15.9 Å². The minimum Gasteiger partial charge on any atom is -0.389 e. The van der Waals surface area contributed by atoms with Crippen molar-refractivity contribution in [3.8, 4) is 0 Å². The minimum absolute atomic E-state index is 0.392. The molecule has 0 amide bonds. The lowest BCUT2D eigenvalue weighted by Gasteiger charge is -2.03. The topological polar surface area (TPSA) is 20.2 Å². The highest BCUT2D eigenvalue weighted by Crippen LogP contribution is 2.11. The molecular weight excluding hydrogens is 192 g/mol. The van der Waals surface area contributed by atoms with E-state index in [9.17, 15) is 5.11 Å². The van der Waals surface area contributed by atoms with Gasteiger partial charge in [-0.15, -0.1) is 0 Å². The van der Waals surface area contributed by atoms with Gasteiger partial charge in [0.15, 0.2) is 0 Å². The Morgan fingerprint density at radius 3 is 2.50 bits per heavy atom. The Labute approximate surface area is 70.6 Å². The van der Waals surface area contributed by atoms with Gasteiger partial charge in [0.25, 0.3) is 0 Å². The maximum absolute atomic E-state index is 9.22. The molecule has 0 aliphatic carbocycles. The second kappa shape index (κ2) is 4.69. The van der Waals surface area contributed by atoms with Gasteiger partial charge in [0.2, 0.25) is 0 Å². The molecule has 0 radical (unpaired) electrons. The van der Waals surface area contributed by atoms with Gasteiger partial charge in [-0.25, -0.2) is 0 Å². The van der Waals surface area contributed by atoms with Gasteiger partial charge in [0, 0.05) is 6.42 Å². The zero-order valence-electron chi connectivity index (χ0n) is 6.39. The van der Waals surface area contributed by atoms with Crippen molar-refractivity contribution in [3.63, 3.8) is 0 Å². The number of allylic oxidation sites excluding steroid dienone is 1. The van der Waals surface area contributed by atoms with Crippen molar-refractivity contribution in [3.05, 3.63) is 22.7 Å². The van der Waals surface area contributed by atoms with Gasteiger partial charge in [-0.2, -0.15) is 0 Å². The summed E-state index contributed by atoms with van der Waals surface area (Å²) in [4.78, 5) is 0. The zero-order chi connectivity index (χ0) is 8.15. The largest absolute Gasteiger partial charge is 0.389 e. The van der Waals surface area contributed by atoms with Crippen molar-refractivity contribution in [1.29, 1.82) is 0 Å². The molecule has 0 heterocycles. The molecule has 0 fully saturated rings. The average Bonchev–Trinajstić information content (AvgIpc) is 1.58. The van der Waals surface area contributed by atoms with Crippen LogP contribution in [0.5, 0.6) is 0 Å². The first-order valence-corrected chi connectivity index (χ1v) is 3.98. The maximum atomic E-state index is 9.22. The number of halogens is 1. The smallest absolute Gasteiger partial charge is 0.0768 e. The van der Waals surface area contributed by atoms with E-state index in [1.807, 2.05) is 19.9 Å². The number of aliphatic hydroxyl groups excluding tert-OH is 1. The van der Waals surface area contributed by atoms with Gasteiger partial charge in [-0.3, -0.25) is 0 Å². The van der Waals surface area contributed by atoms with Gasteiger partial charge < -0.3 is 5.11 Å². The lowest BCUT2D eigenvalue weighted by Crippen LogP contribution is -2.01. The summed E-state index contributed by atoms with van der Waals surface area (Å²) in [6, 6.07) is 0. The van der Waals surface area contributed by atoms with Crippen LogP contribution in [0.25, 0.3) is 0 Å². The SMILES string of the molecule is C=C(Br)C[C@H](O)C=C(C)C. The van der Waals surface area contributed by atoms with Crippen LogP contribution in [-0.4, -0.2) is 11.2 Å². The molecule has 0 unspecified atom stereocenters. The highest BCUT2D eigenvalue weighted by molar-refractivity contribution is 9.11. The van der Waals surface area contributed by atoms with Crippen molar-refractivity contribution in [2.45, 2.75) is 26.4 Å². The van der Waals surface area contributed by atoms with Crippen LogP contribution in [0.15, 0.2) is 22.7 Å². The molecule has 0 aliphatic rings. The van der Waals surface area contributed by atoms with Gasteiger partial charge >= 0.3 is 0 Å². The first-order valence-electron chi connectivity index (χ1n) is 3.18. The summed E-state index contributed by atoms with van der Waals surface area (Å²) in [5.74, 6) is 0. The third kappa shape index (κ3) is 6.05. The molecule has 1 nitrogen and oxygen atoms in total. The fourth-order valence-electron chi connectivity index (χ4n) is 0.671. The Morgan fingerprint density at radius 1 is 1.70 bits per heavy atom. The third-order valence-electron chi connectivity index (χ3n) is 0.956. The van der Waals surface area contributed by atoms with Gasteiger partial charge in [0.1, 0.15) is 0 Å². The van der Waals surface area contributed by atoms with E-state index in [4.69, 9.17) is 0 Å². The van der Waals surface area contributed by atoms with Crippen molar-refractivity contribution >= 4 is 15.9 Å². The second-order valence-electron chi connectivity index (χ2n) is 2.53. The number of hydrogen-bond donors (Lipinski definition) is 1. The Morgan fingerprint density at radius 2 is 2.20 bits per heavy atom. The number of aliphatic hydroxyl groups is 1. The maximum Gasteiger partial charge on any atom is 0.0768 e. The average molecular weight is 205 g/mol. The molecular formula is C8H13BrO. The molecule has 10 heavy (non-hydrogen) atoms. The van der Waals surface area contributed by atoms with Crippen molar-refractivity contribution < 1.29 is 5.11 Å². The van der Waals surface area contributed by atoms with Crippen LogP contribution in [0.1, 0.15) is 20.3 Å². The van der Waals surface area contributed by atoms with E-state index < -0.39 is 6.10 Å². The van der Waals surface area contributed by atoms with E-state index in [0.717, 1.165) is 10.1 Å². The van der Waals surface area contributed by atoms with Crippen LogP contribution < -0.4 is 0 Å². The summed E-state index contributed by atoms with van der Waals surface area (Å²) in [6.07, 6.45) is 2.01. The summed E-state index contributed by atoms with van der Waals surface area (Å²) >= 11 is 3.18. The number of hydrogen-bond acceptors (Lipinski definition) is 1. The molecule has 0 saturated heterocycles. The fourth-order valence-corrected chi connectivity index (χ4v) is 1.00. The van der Waals surface area contributed by atoms with Crippen LogP contribution in [0, 0.1) is 0 Å². The van der Waals surface area contributed by atoms with Gasteiger partial charge in [-0.05, 0) is 18.3 Å². The molecule has 0 saturated carbocycles. The van der Waals surface area contributed by atoms with E-state index in [1.165, 1.54) is 0 Å². The number of rotatable bonds is 3. The van der Waals surface area contributed by atoms with Crippen molar-refractivity contribution in [2.75, 3.05) is 0 Å². The first kappa shape index (κ1) is 9.92. The van der Waals surface area contributed by atoms with E-state index in [2.05, 4.69) is 22.5 Å². The monoisotopic (exact) mass is 204 g/mol. The quantitative estimate of drug-likeness (QED) is 0.702. The lowest BCUT2D eigenvalue weighted by molar-refractivity contribution is 0.225. The highest BCUT2D eigenvalue weighted by atomic mass is 79.9. The van der Waals surface area contributed by atoms with Crippen LogP contribution in [0.4, 0.5) is 0 Å². The molecule has 0 bridgehead atoms. The molecule has 0 aromatic rings. The van der Waals surface area contributed by atoms with Crippen LogP contribution in [0.2, 0.25) is 0 Å². The zero-order valence-corrected chi connectivity index (χ0v) is 7.98. The molecule has 0 aliphatic heterocycles. The normalized spacial score (nSPS) is 12.4. The van der Waals surface area contributed by atoms with E-state index in [1.54, 1.807) is 0 Å². The Balaban J connectivity index is 3.75. The Kier molecular flexibility index (Phi) is 4.65. The summed E-state index contributed by atoms with van der Waals surface area (Å²) in [6.45, 7) is 7.55. The summed E-state index contributed by atoms with van der Waals surface area (Å²) in [7, 11) is 0. The Hall–Kier alpha value is -0.0800. The van der Waals surface area contributed by atoms with E-state index in [-0.39, 0.29) is 0 Å². The molecule has 2 heteroatoms. The van der Waals surface area contributed by atoms with Gasteiger partial charge in [-0.1, -0.05) is 34.2 Å². The predicted octanol–water partition coefficient (Wildman–Crippen LogP) is 2.61.